The lowest BCUT2D eigenvalue weighted by atomic mass is 10.2. The maximum atomic E-state index is 13.6. The van der Waals surface area contributed by atoms with Gasteiger partial charge in [0.25, 0.3) is 0 Å². The first-order valence-corrected chi connectivity index (χ1v) is 5.87. The van der Waals surface area contributed by atoms with Gasteiger partial charge in [-0.1, -0.05) is 11.8 Å². The van der Waals surface area contributed by atoms with E-state index in [-0.39, 0.29) is 10.5 Å². The van der Waals surface area contributed by atoms with Crippen molar-refractivity contribution < 1.29 is 14.3 Å². The molecule has 1 aromatic heterocycles. The number of halogens is 1. The number of carboxylic acid groups (broad SMARTS) is 1. The van der Waals surface area contributed by atoms with Crippen molar-refractivity contribution in [2.75, 3.05) is 0 Å². The van der Waals surface area contributed by atoms with Gasteiger partial charge in [-0.2, -0.15) is 0 Å². The van der Waals surface area contributed by atoms with E-state index in [0.717, 1.165) is 23.5 Å². The Morgan fingerprint density at radius 1 is 1.33 bits per heavy atom. The number of aromatic carboxylic acids is 1. The van der Waals surface area contributed by atoms with Crippen molar-refractivity contribution in [1.29, 1.82) is 0 Å². The molecule has 0 amide bonds. The number of carbonyl (C=O) groups is 1. The fourth-order valence-electron chi connectivity index (χ4n) is 1.31. The van der Waals surface area contributed by atoms with Crippen LogP contribution in [0.1, 0.15) is 16.1 Å². The van der Waals surface area contributed by atoms with Crippen LogP contribution in [0.15, 0.2) is 40.5 Å². The topological polar surface area (TPSA) is 63.1 Å². The average molecular weight is 264 g/mol. The summed E-state index contributed by atoms with van der Waals surface area (Å²) in [6.45, 7) is 1.80. The second-order valence-corrected chi connectivity index (χ2v) is 4.61. The summed E-state index contributed by atoms with van der Waals surface area (Å²) in [4.78, 5) is 19.0. The van der Waals surface area contributed by atoms with E-state index in [9.17, 15) is 9.18 Å². The van der Waals surface area contributed by atoms with E-state index < -0.39 is 11.8 Å². The fraction of sp³-hybridized carbons (Fsp3) is 0.0833. The minimum Gasteiger partial charge on any atom is -0.478 e. The second-order valence-electron chi connectivity index (χ2n) is 3.55. The third-order valence-electron chi connectivity index (χ3n) is 2.17. The van der Waals surface area contributed by atoms with E-state index in [0.29, 0.717) is 5.03 Å². The van der Waals surface area contributed by atoms with Gasteiger partial charge in [0.15, 0.2) is 0 Å². The number of aryl methyl sites for hydroxylation is 1. The highest BCUT2D eigenvalue weighted by Gasteiger charge is 2.10. The van der Waals surface area contributed by atoms with Gasteiger partial charge in [-0.25, -0.2) is 19.2 Å². The second kappa shape index (κ2) is 5.14. The highest BCUT2D eigenvalue weighted by atomic mass is 32.2. The Balaban J connectivity index is 2.33. The summed E-state index contributed by atoms with van der Waals surface area (Å²) >= 11 is 1.07. The quantitative estimate of drug-likeness (QED) is 0.864. The molecule has 2 aromatic rings. The van der Waals surface area contributed by atoms with E-state index in [2.05, 4.69) is 9.97 Å². The van der Waals surface area contributed by atoms with Crippen LogP contribution in [-0.4, -0.2) is 21.0 Å². The lowest BCUT2D eigenvalue weighted by molar-refractivity contribution is 0.0696. The smallest absolute Gasteiger partial charge is 0.335 e. The van der Waals surface area contributed by atoms with Crippen LogP contribution in [0.4, 0.5) is 4.39 Å². The van der Waals surface area contributed by atoms with Gasteiger partial charge >= 0.3 is 5.97 Å². The molecule has 6 heteroatoms. The molecule has 0 atom stereocenters. The minimum atomic E-state index is -1.09. The predicted molar refractivity (Wildman–Crippen MR) is 64.3 cm³/mol. The van der Waals surface area contributed by atoms with Gasteiger partial charge in [0, 0.05) is 5.69 Å². The van der Waals surface area contributed by atoms with Crippen LogP contribution >= 0.6 is 11.8 Å². The van der Waals surface area contributed by atoms with E-state index in [1.54, 1.807) is 13.0 Å². The molecule has 1 heterocycles. The monoisotopic (exact) mass is 264 g/mol. The van der Waals surface area contributed by atoms with Gasteiger partial charge in [0.05, 0.1) is 10.5 Å². The molecule has 0 aliphatic heterocycles. The predicted octanol–water partition coefficient (Wildman–Crippen LogP) is 2.77. The molecule has 0 unspecified atom stereocenters. The van der Waals surface area contributed by atoms with Crippen molar-refractivity contribution in [2.24, 2.45) is 0 Å². The van der Waals surface area contributed by atoms with Crippen LogP contribution in [0.3, 0.4) is 0 Å². The van der Waals surface area contributed by atoms with Crippen molar-refractivity contribution in [2.45, 2.75) is 16.8 Å². The summed E-state index contributed by atoms with van der Waals surface area (Å²) in [6, 6.07) is 5.37. The van der Waals surface area contributed by atoms with Gasteiger partial charge < -0.3 is 5.11 Å². The van der Waals surface area contributed by atoms with Gasteiger partial charge in [-0.3, -0.25) is 0 Å². The summed E-state index contributed by atoms with van der Waals surface area (Å²) in [5, 5.41) is 9.43. The molecular weight excluding hydrogens is 255 g/mol. The number of rotatable bonds is 3. The van der Waals surface area contributed by atoms with E-state index in [4.69, 9.17) is 5.11 Å². The zero-order valence-corrected chi connectivity index (χ0v) is 10.2. The lowest BCUT2D eigenvalue weighted by Gasteiger charge is -2.04. The number of nitrogens with zero attached hydrogens (tertiary/aromatic N) is 2. The fourth-order valence-corrected chi connectivity index (χ4v) is 2.22. The Kier molecular flexibility index (Phi) is 3.57. The molecule has 0 fully saturated rings. The first-order chi connectivity index (χ1) is 8.56. The zero-order chi connectivity index (χ0) is 13.1. The molecule has 0 bridgehead atoms. The van der Waals surface area contributed by atoms with Crippen molar-refractivity contribution in [1.82, 2.24) is 9.97 Å². The van der Waals surface area contributed by atoms with Gasteiger partial charge in [-0.05, 0) is 31.2 Å². The molecule has 0 saturated heterocycles. The summed E-state index contributed by atoms with van der Waals surface area (Å²) in [7, 11) is 0. The molecule has 2 rings (SSSR count). The number of aromatic nitrogens is 2. The third-order valence-corrected chi connectivity index (χ3v) is 3.14. The first-order valence-electron chi connectivity index (χ1n) is 5.05. The number of hydrogen-bond donors (Lipinski definition) is 1. The Morgan fingerprint density at radius 2 is 2.11 bits per heavy atom. The maximum absolute atomic E-state index is 13.6. The Bertz CT molecular complexity index is 604. The van der Waals surface area contributed by atoms with Crippen molar-refractivity contribution >= 4 is 17.7 Å². The average Bonchev–Trinajstić information content (AvgIpc) is 2.31. The largest absolute Gasteiger partial charge is 0.478 e. The molecule has 1 aromatic carbocycles. The summed E-state index contributed by atoms with van der Waals surface area (Å²) < 4.78 is 13.6. The third kappa shape index (κ3) is 2.84. The Morgan fingerprint density at radius 3 is 2.78 bits per heavy atom. The molecule has 4 nitrogen and oxygen atoms in total. The summed E-state index contributed by atoms with van der Waals surface area (Å²) in [5.41, 5.74) is 0.812. The minimum absolute atomic E-state index is 0.0460. The van der Waals surface area contributed by atoms with Crippen LogP contribution in [0.5, 0.6) is 0 Å². The molecule has 0 radical (unpaired) electrons. The molecule has 0 saturated carbocycles. The van der Waals surface area contributed by atoms with Crippen LogP contribution in [0.2, 0.25) is 0 Å². The number of carboxylic acids is 1. The standard InChI is InChI=1S/C12H9FN2O2S/c1-7-4-11(15-6-14-7)18-10-5-8(12(16)17)2-3-9(10)13/h2-6H,1H3,(H,16,17). The zero-order valence-electron chi connectivity index (χ0n) is 9.42. The molecule has 0 aliphatic carbocycles. The van der Waals surface area contributed by atoms with Crippen LogP contribution in [0, 0.1) is 12.7 Å². The SMILES string of the molecule is Cc1cc(Sc2cc(C(=O)O)ccc2F)ncn1. The normalized spacial score (nSPS) is 10.3. The Hall–Kier alpha value is -1.95. The van der Waals surface area contributed by atoms with Crippen LogP contribution in [-0.2, 0) is 0 Å². The van der Waals surface area contributed by atoms with Crippen molar-refractivity contribution in [3.8, 4) is 0 Å². The molecular formula is C12H9FN2O2S. The highest BCUT2D eigenvalue weighted by molar-refractivity contribution is 7.99. The van der Waals surface area contributed by atoms with Crippen molar-refractivity contribution in [3.63, 3.8) is 0 Å². The first kappa shape index (κ1) is 12.5. The van der Waals surface area contributed by atoms with E-state index >= 15 is 0 Å². The summed E-state index contributed by atoms with van der Waals surface area (Å²) in [6.07, 6.45) is 1.39. The molecule has 1 N–H and O–H groups in total. The molecule has 0 spiro atoms. The lowest BCUT2D eigenvalue weighted by Crippen LogP contribution is -1.97. The molecule has 92 valence electrons. The van der Waals surface area contributed by atoms with E-state index in [1.165, 1.54) is 18.5 Å². The highest BCUT2D eigenvalue weighted by Crippen LogP contribution is 2.29. The number of benzene rings is 1. The Labute approximate surface area is 107 Å². The molecule has 0 aliphatic rings. The van der Waals surface area contributed by atoms with Crippen LogP contribution < -0.4 is 0 Å². The van der Waals surface area contributed by atoms with Gasteiger partial charge in [0.2, 0.25) is 0 Å². The maximum Gasteiger partial charge on any atom is 0.335 e. The summed E-state index contributed by atoms with van der Waals surface area (Å²) in [5.74, 6) is -1.56. The van der Waals surface area contributed by atoms with Crippen molar-refractivity contribution in [3.05, 3.63) is 47.7 Å². The van der Waals surface area contributed by atoms with Crippen LogP contribution in [0.25, 0.3) is 0 Å². The van der Waals surface area contributed by atoms with Gasteiger partial charge in [0.1, 0.15) is 17.2 Å². The van der Waals surface area contributed by atoms with Gasteiger partial charge in [-0.15, -0.1) is 0 Å². The van der Waals surface area contributed by atoms with E-state index in [1.807, 2.05) is 0 Å². The number of hydrogen-bond acceptors (Lipinski definition) is 4. The molecule has 18 heavy (non-hydrogen) atoms.